The predicted molar refractivity (Wildman–Crippen MR) is 100 cm³/mol. The minimum absolute atomic E-state index is 0.753. The number of hydrogen-bond acceptors (Lipinski definition) is 2. The highest BCUT2D eigenvalue weighted by molar-refractivity contribution is 5.75. The van der Waals surface area contributed by atoms with Gasteiger partial charge in [0, 0.05) is 5.56 Å². The highest BCUT2D eigenvalue weighted by Gasteiger charge is 1.92. The van der Waals surface area contributed by atoms with E-state index in [1.807, 2.05) is 52.7 Å². The van der Waals surface area contributed by atoms with E-state index in [-0.39, 0.29) is 0 Å². The Labute approximate surface area is 141 Å². The summed E-state index contributed by atoms with van der Waals surface area (Å²) in [6.07, 6.45) is 0.867. The zero-order chi connectivity index (χ0) is 18.4. The van der Waals surface area contributed by atoms with Crippen molar-refractivity contribution < 1.29 is 9.59 Å². The first kappa shape index (κ1) is 23.1. The second kappa shape index (κ2) is 13.4. The van der Waals surface area contributed by atoms with Gasteiger partial charge >= 0.3 is 0 Å². The van der Waals surface area contributed by atoms with Crippen molar-refractivity contribution in [2.75, 3.05) is 0 Å². The van der Waals surface area contributed by atoms with Crippen LogP contribution in [0.1, 0.15) is 52.0 Å². The molecule has 0 aliphatic carbocycles. The van der Waals surface area contributed by atoms with Gasteiger partial charge in [0.25, 0.3) is 0 Å². The average molecular weight is 314 g/mol. The minimum atomic E-state index is 0.753. The maximum atomic E-state index is 10.3. The monoisotopic (exact) mass is 314 g/mol. The predicted octanol–water partition coefficient (Wildman–Crippen LogP) is 5.57. The van der Waals surface area contributed by atoms with Gasteiger partial charge in [-0.3, -0.25) is 4.79 Å². The minimum Gasteiger partial charge on any atom is -0.307 e. The van der Waals surface area contributed by atoms with Crippen LogP contribution < -0.4 is 0 Å². The van der Waals surface area contributed by atoms with Crippen LogP contribution in [0.2, 0.25) is 0 Å². The molecular weight excluding hydrogens is 284 g/mol. The summed E-state index contributed by atoms with van der Waals surface area (Å²) >= 11 is 0. The van der Waals surface area contributed by atoms with E-state index >= 15 is 0 Å². The maximum Gasteiger partial charge on any atom is 0.150 e. The Kier molecular flexibility index (Phi) is 13.5. The van der Waals surface area contributed by atoms with Gasteiger partial charge in [0.05, 0.1) is 0 Å². The van der Waals surface area contributed by atoms with Crippen LogP contribution in [0.3, 0.4) is 0 Å². The van der Waals surface area contributed by atoms with Crippen LogP contribution in [0.5, 0.6) is 0 Å². The van der Waals surface area contributed by atoms with Crippen molar-refractivity contribution in [3.8, 4) is 0 Å². The van der Waals surface area contributed by atoms with Crippen LogP contribution in [0.4, 0.5) is 0 Å². The fourth-order valence-electron chi connectivity index (χ4n) is 1.73. The normalized spacial score (nSPS) is 8.30. The van der Waals surface area contributed by atoms with Crippen molar-refractivity contribution in [2.24, 2.45) is 0 Å². The summed E-state index contributed by atoms with van der Waals surface area (Å²) in [6.45, 7) is 16.4. The Balaban J connectivity index is 0. The Bertz CT molecular complexity index is 586. The van der Waals surface area contributed by atoms with Crippen molar-refractivity contribution in [1.82, 2.24) is 0 Å². The smallest absolute Gasteiger partial charge is 0.150 e. The van der Waals surface area contributed by atoms with Crippen molar-refractivity contribution in [1.29, 1.82) is 0 Å². The third-order valence-electron chi connectivity index (χ3n) is 3.33. The molecule has 0 fully saturated rings. The van der Waals surface area contributed by atoms with Crippen LogP contribution in [-0.4, -0.2) is 13.1 Å². The first-order valence-electron chi connectivity index (χ1n) is 7.79. The SMILES string of the molecule is C=O.CC.Cc1ccc(C)c(C)c1.Cc1ccc(C=O)cc1C. The highest BCUT2D eigenvalue weighted by atomic mass is 16.1. The first-order chi connectivity index (χ1) is 10.9. The standard InChI is InChI=1S/C9H10O.C9H12.C2H6.CH2O/c1-7-3-4-9(6-10)5-8(7)2;1-7-4-5-8(2)9(3)6-7;2*1-2/h3-6H,1-2H3;4-6H,1-3H3;1-2H3;1H2. The quantitative estimate of drug-likeness (QED) is 0.645. The average Bonchev–Trinajstić information content (AvgIpc) is 2.58. The lowest BCUT2D eigenvalue weighted by Crippen LogP contribution is -1.84. The van der Waals surface area contributed by atoms with Gasteiger partial charge in [-0.1, -0.05) is 49.7 Å². The van der Waals surface area contributed by atoms with Crippen molar-refractivity contribution in [3.05, 3.63) is 69.8 Å². The largest absolute Gasteiger partial charge is 0.307 e. The Morgan fingerprint density at radius 3 is 1.48 bits per heavy atom. The van der Waals surface area contributed by atoms with E-state index in [4.69, 9.17) is 4.79 Å². The summed E-state index contributed by atoms with van der Waals surface area (Å²) in [6, 6.07) is 12.2. The highest BCUT2D eigenvalue weighted by Crippen LogP contribution is 2.08. The van der Waals surface area contributed by atoms with Crippen LogP contribution in [0.25, 0.3) is 0 Å². The Morgan fingerprint density at radius 2 is 1.13 bits per heavy atom. The van der Waals surface area contributed by atoms with Crippen molar-refractivity contribution >= 4 is 13.1 Å². The van der Waals surface area contributed by atoms with E-state index in [0.29, 0.717) is 0 Å². The topological polar surface area (TPSA) is 34.1 Å². The molecule has 2 rings (SSSR count). The molecule has 126 valence electrons. The molecule has 0 spiro atoms. The van der Waals surface area contributed by atoms with Gasteiger partial charge in [-0.25, -0.2) is 0 Å². The van der Waals surface area contributed by atoms with Gasteiger partial charge in [0.1, 0.15) is 13.1 Å². The second-order valence-electron chi connectivity index (χ2n) is 5.05. The van der Waals surface area contributed by atoms with Crippen molar-refractivity contribution in [2.45, 2.75) is 48.5 Å². The van der Waals surface area contributed by atoms with Crippen LogP contribution in [-0.2, 0) is 4.79 Å². The van der Waals surface area contributed by atoms with Crippen molar-refractivity contribution in [3.63, 3.8) is 0 Å². The molecule has 0 bridgehead atoms. The molecule has 2 heteroatoms. The fraction of sp³-hybridized carbons (Fsp3) is 0.333. The second-order valence-corrected chi connectivity index (χ2v) is 5.05. The van der Waals surface area contributed by atoms with E-state index in [0.717, 1.165) is 11.8 Å². The molecule has 2 nitrogen and oxygen atoms in total. The molecule has 23 heavy (non-hydrogen) atoms. The molecule has 0 unspecified atom stereocenters. The molecule has 0 aliphatic rings. The van der Waals surface area contributed by atoms with E-state index in [2.05, 4.69) is 39.0 Å². The van der Waals surface area contributed by atoms with Gasteiger partial charge in [-0.05, 0) is 62.9 Å². The summed E-state index contributed by atoms with van der Waals surface area (Å²) in [5.41, 5.74) is 7.26. The molecule has 0 radical (unpaired) electrons. The lowest BCUT2D eigenvalue weighted by Gasteiger charge is -1.98. The molecule has 0 aromatic heterocycles. The summed E-state index contributed by atoms with van der Waals surface area (Å²) in [7, 11) is 0. The molecule has 0 aliphatic heterocycles. The molecule has 0 heterocycles. The summed E-state index contributed by atoms with van der Waals surface area (Å²) < 4.78 is 0. The lowest BCUT2D eigenvalue weighted by molar-refractivity contribution is -0.0980. The summed E-state index contributed by atoms with van der Waals surface area (Å²) in [5.74, 6) is 0. The van der Waals surface area contributed by atoms with E-state index in [1.165, 1.54) is 27.8 Å². The third-order valence-corrected chi connectivity index (χ3v) is 3.33. The Hall–Kier alpha value is -2.22. The van der Waals surface area contributed by atoms with Crippen LogP contribution in [0, 0.1) is 34.6 Å². The number of rotatable bonds is 1. The number of benzene rings is 2. The van der Waals surface area contributed by atoms with E-state index in [1.54, 1.807) is 0 Å². The zero-order valence-electron chi connectivity index (χ0n) is 15.6. The molecule has 0 saturated heterocycles. The number of hydrogen-bond donors (Lipinski definition) is 0. The van der Waals surface area contributed by atoms with Gasteiger partial charge in [-0.2, -0.15) is 0 Å². The Morgan fingerprint density at radius 1 is 0.696 bits per heavy atom. The van der Waals surface area contributed by atoms with Gasteiger partial charge in [-0.15, -0.1) is 0 Å². The summed E-state index contributed by atoms with van der Waals surface area (Å²) in [5, 5.41) is 0. The van der Waals surface area contributed by atoms with Gasteiger partial charge in [0.15, 0.2) is 0 Å². The zero-order valence-corrected chi connectivity index (χ0v) is 15.6. The molecule has 0 N–H and O–H groups in total. The van der Waals surface area contributed by atoms with E-state index in [9.17, 15) is 4.79 Å². The molecular formula is C21H30O2. The lowest BCUT2D eigenvalue weighted by atomic mass is 10.1. The number of carbonyl (C=O) groups is 2. The molecule has 0 amide bonds. The molecule has 0 saturated carbocycles. The number of carbonyl (C=O) groups excluding carboxylic acids is 2. The van der Waals surface area contributed by atoms with Crippen LogP contribution >= 0.6 is 0 Å². The van der Waals surface area contributed by atoms with Gasteiger partial charge in [0.2, 0.25) is 0 Å². The number of aldehydes is 1. The molecule has 2 aromatic rings. The maximum absolute atomic E-state index is 10.3. The summed E-state index contributed by atoms with van der Waals surface area (Å²) in [4.78, 5) is 18.3. The first-order valence-corrected chi connectivity index (χ1v) is 7.79. The molecule has 2 aromatic carbocycles. The molecule has 0 atom stereocenters. The van der Waals surface area contributed by atoms with E-state index < -0.39 is 0 Å². The third kappa shape index (κ3) is 9.41. The fourth-order valence-corrected chi connectivity index (χ4v) is 1.73. The number of aryl methyl sites for hydroxylation is 5. The van der Waals surface area contributed by atoms with Crippen LogP contribution in [0.15, 0.2) is 36.4 Å². The van der Waals surface area contributed by atoms with Gasteiger partial charge < -0.3 is 4.79 Å².